The standard InChI is InChI=1S/C10H22N6O2S/c1-8(2)11-6-4-5-7-19(17,18)14-9(3)10-12-15-16-13-10/h8-9,11,14H,4-7H2,1-3H3,(H,12,13,15,16). The average molecular weight is 290 g/mol. The highest BCUT2D eigenvalue weighted by Gasteiger charge is 2.18. The first-order valence-electron chi connectivity index (χ1n) is 6.37. The van der Waals surface area contributed by atoms with Gasteiger partial charge in [-0.3, -0.25) is 0 Å². The van der Waals surface area contributed by atoms with Crippen molar-refractivity contribution in [3.05, 3.63) is 5.82 Å². The van der Waals surface area contributed by atoms with E-state index in [1.165, 1.54) is 0 Å². The first-order valence-corrected chi connectivity index (χ1v) is 8.02. The predicted molar refractivity (Wildman–Crippen MR) is 71.9 cm³/mol. The SMILES string of the molecule is CC(C)NCCCCS(=O)(=O)NC(C)c1nn[nH]n1. The van der Waals surface area contributed by atoms with Crippen molar-refractivity contribution in [1.82, 2.24) is 30.7 Å². The maximum atomic E-state index is 11.8. The lowest BCUT2D eigenvalue weighted by Crippen LogP contribution is -2.30. The van der Waals surface area contributed by atoms with E-state index in [9.17, 15) is 8.42 Å². The summed E-state index contributed by atoms with van der Waals surface area (Å²) in [7, 11) is -3.31. The Kier molecular flexibility index (Phi) is 6.32. The van der Waals surface area contributed by atoms with Gasteiger partial charge in [-0.15, -0.1) is 10.2 Å². The van der Waals surface area contributed by atoms with E-state index < -0.39 is 16.1 Å². The Balaban J connectivity index is 2.28. The lowest BCUT2D eigenvalue weighted by molar-refractivity contribution is 0.545. The number of hydrogen-bond donors (Lipinski definition) is 3. The minimum atomic E-state index is -3.31. The number of nitrogens with one attached hydrogen (secondary N) is 3. The van der Waals surface area contributed by atoms with Gasteiger partial charge in [-0.2, -0.15) is 5.21 Å². The summed E-state index contributed by atoms with van der Waals surface area (Å²) in [4.78, 5) is 0. The Morgan fingerprint density at radius 1 is 1.26 bits per heavy atom. The molecule has 3 N–H and O–H groups in total. The van der Waals surface area contributed by atoms with E-state index in [2.05, 4.69) is 44.5 Å². The van der Waals surface area contributed by atoms with Gasteiger partial charge in [-0.05, 0) is 26.3 Å². The van der Waals surface area contributed by atoms with E-state index in [0.717, 1.165) is 13.0 Å². The van der Waals surface area contributed by atoms with E-state index in [1.807, 2.05) is 0 Å². The first-order chi connectivity index (χ1) is 8.91. The summed E-state index contributed by atoms with van der Waals surface area (Å²) >= 11 is 0. The molecule has 0 saturated carbocycles. The fraction of sp³-hybridized carbons (Fsp3) is 0.900. The van der Waals surface area contributed by atoms with Crippen molar-refractivity contribution in [1.29, 1.82) is 0 Å². The predicted octanol–water partition coefficient (Wildman–Crippen LogP) is -0.0417. The van der Waals surface area contributed by atoms with Crippen LogP contribution < -0.4 is 10.0 Å². The first kappa shape index (κ1) is 16.0. The quantitative estimate of drug-likeness (QED) is 0.550. The average Bonchev–Trinajstić information content (AvgIpc) is 2.80. The van der Waals surface area contributed by atoms with Crippen LogP contribution in [0.5, 0.6) is 0 Å². The van der Waals surface area contributed by atoms with E-state index >= 15 is 0 Å². The molecule has 0 fully saturated rings. The Bertz CT molecular complexity index is 445. The molecule has 1 heterocycles. The van der Waals surface area contributed by atoms with Crippen LogP contribution in [0, 0.1) is 0 Å². The second-order valence-electron chi connectivity index (χ2n) is 4.74. The second kappa shape index (κ2) is 7.51. The Hall–Kier alpha value is -1.06. The number of H-pyrrole nitrogens is 1. The molecular formula is C10H22N6O2S. The van der Waals surface area contributed by atoms with Crippen LogP contribution in [0.3, 0.4) is 0 Å². The molecule has 19 heavy (non-hydrogen) atoms. The molecule has 1 aromatic rings. The van der Waals surface area contributed by atoms with Crippen molar-refractivity contribution in [3.8, 4) is 0 Å². The molecule has 1 atom stereocenters. The summed E-state index contributed by atoms with van der Waals surface area (Å²) in [5.41, 5.74) is 0. The van der Waals surface area contributed by atoms with Gasteiger partial charge in [0, 0.05) is 6.04 Å². The van der Waals surface area contributed by atoms with Gasteiger partial charge in [-0.25, -0.2) is 13.1 Å². The van der Waals surface area contributed by atoms with Crippen LogP contribution >= 0.6 is 0 Å². The summed E-state index contributed by atoms with van der Waals surface area (Å²) in [6, 6.07) is -0.0504. The zero-order valence-corrected chi connectivity index (χ0v) is 12.4. The molecule has 0 aliphatic rings. The molecule has 9 heteroatoms. The molecule has 0 aliphatic carbocycles. The minimum absolute atomic E-state index is 0.106. The van der Waals surface area contributed by atoms with E-state index in [0.29, 0.717) is 18.3 Å². The zero-order chi connectivity index (χ0) is 14.3. The van der Waals surface area contributed by atoms with Crippen LogP contribution in [0.2, 0.25) is 0 Å². The van der Waals surface area contributed by atoms with E-state index in [1.54, 1.807) is 6.92 Å². The molecule has 8 nitrogen and oxygen atoms in total. The fourth-order valence-electron chi connectivity index (χ4n) is 1.54. The molecular weight excluding hydrogens is 268 g/mol. The van der Waals surface area contributed by atoms with Crippen molar-refractivity contribution in [3.63, 3.8) is 0 Å². The molecule has 0 spiro atoms. The van der Waals surface area contributed by atoms with Gasteiger partial charge in [0.1, 0.15) is 0 Å². The Labute approximate surface area is 113 Å². The molecule has 1 rings (SSSR count). The molecule has 0 aliphatic heterocycles. The highest BCUT2D eigenvalue weighted by Crippen LogP contribution is 2.06. The molecule has 0 radical (unpaired) electrons. The van der Waals surface area contributed by atoms with Crippen molar-refractivity contribution in [2.24, 2.45) is 0 Å². The lowest BCUT2D eigenvalue weighted by Gasteiger charge is -2.11. The van der Waals surface area contributed by atoms with Crippen molar-refractivity contribution < 1.29 is 8.42 Å². The van der Waals surface area contributed by atoms with Gasteiger partial charge in [0.15, 0.2) is 5.82 Å². The van der Waals surface area contributed by atoms with Crippen molar-refractivity contribution >= 4 is 10.0 Å². The summed E-state index contributed by atoms with van der Waals surface area (Å²) in [6.07, 6.45) is 1.45. The second-order valence-corrected chi connectivity index (χ2v) is 6.62. The number of hydrogen-bond acceptors (Lipinski definition) is 6. The summed E-state index contributed by atoms with van der Waals surface area (Å²) in [5, 5.41) is 16.4. The van der Waals surface area contributed by atoms with E-state index in [4.69, 9.17) is 0 Å². The van der Waals surface area contributed by atoms with Crippen LogP contribution in [-0.4, -0.2) is 47.4 Å². The number of aromatic nitrogens is 4. The van der Waals surface area contributed by atoms with Gasteiger partial charge < -0.3 is 5.32 Å². The molecule has 1 unspecified atom stereocenters. The zero-order valence-electron chi connectivity index (χ0n) is 11.5. The Morgan fingerprint density at radius 3 is 2.58 bits per heavy atom. The summed E-state index contributed by atoms with van der Waals surface area (Å²) in [6.45, 7) is 6.63. The highest BCUT2D eigenvalue weighted by atomic mass is 32.2. The van der Waals surface area contributed by atoms with Crippen molar-refractivity contribution in [2.45, 2.75) is 45.7 Å². The number of rotatable bonds is 9. The molecule has 0 bridgehead atoms. The van der Waals surface area contributed by atoms with Gasteiger partial charge in [-0.1, -0.05) is 19.1 Å². The fourth-order valence-corrected chi connectivity index (χ4v) is 2.89. The van der Waals surface area contributed by atoms with Crippen LogP contribution in [0.1, 0.15) is 45.5 Å². The number of tetrazole rings is 1. The number of nitrogens with zero attached hydrogens (tertiary/aromatic N) is 3. The summed E-state index contributed by atoms with van der Waals surface area (Å²) < 4.78 is 26.2. The largest absolute Gasteiger partial charge is 0.315 e. The minimum Gasteiger partial charge on any atom is -0.315 e. The molecule has 0 amide bonds. The molecule has 0 saturated heterocycles. The van der Waals surface area contributed by atoms with Crippen LogP contribution in [-0.2, 0) is 10.0 Å². The van der Waals surface area contributed by atoms with Crippen molar-refractivity contribution in [2.75, 3.05) is 12.3 Å². The topological polar surface area (TPSA) is 113 Å². The number of unbranched alkanes of at least 4 members (excludes halogenated alkanes) is 1. The smallest absolute Gasteiger partial charge is 0.212 e. The van der Waals surface area contributed by atoms with Gasteiger partial charge in [0.2, 0.25) is 10.0 Å². The third-order valence-corrected chi connectivity index (χ3v) is 4.04. The number of sulfonamides is 1. The maximum Gasteiger partial charge on any atom is 0.212 e. The summed E-state index contributed by atoms with van der Waals surface area (Å²) in [5.74, 6) is 0.444. The van der Waals surface area contributed by atoms with Gasteiger partial charge >= 0.3 is 0 Å². The van der Waals surface area contributed by atoms with E-state index in [-0.39, 0.29) is 5.75 Å². The monoisotopic (exact) mass is 290 g/mol. The maximum absolute atomic E-state index is 11.8. The van der Waals surface area contributed by atoms with Crippen LogP contribution in [0.15, 0.2) is 0 Å². The molecule has 110 valence electrons. The number of aromatic amines is 1. The third-order valence-electron chi connectivity index (χ3n) is 2.50. The van der Waals surface area contributed by atoms with Crippen LogP contribution in [0.25, 0.3) is 0 Å². The Morgan fingerprint density at radius 2 is 2.00 bits per heavy atom. The van der Waals surface area contributed by atoms with Gasteiger partial charge in [0.25, 0.3) is 0 Å². The van der Waals surface area contributed by atoms with Gasteiger partial charge in [0.05, 0.1) is 11.8 Å². The normalized spacial score (nSPS) is 13.9. The third kappa shape index (κ3) is 6.60. The highest BCUT2D eigenvalue weighted by molar-refractivity contribution is 7.89. The van der Waals surface area contributed by atoms with Crippen LogP contribution in [0.4, 0.5) is 0 Å². The molecule has 1 aromatic heterocycles. The molecule has 0 aromatic carbocycles. The lowest BCUT2D eigenvalue weighted by atomic mass is 10.3.